The van der Waals surface area contributed by atoms with E-state index < -0.39 is 30.1 Å². The van der Waals surface area contributed by atoms with Gasteiger partial charge in [0.2, 0.25) is 0 Å². The van der Waals surface area contributed by atoms with Crippen LogP contribution in [0.25, 0.3) is 10.9 Å². The maximum Gasteiger partial charge on any atom is 0.339 e. The maximum absolute atomic E-state index is 13.9. The lowest BCUT2D eigenvalue weighted by molar-refractivity contribution is -0.119. The molecular weight excluding hydrogens is 470 g/mol. The van der Waals surface area contributed by atoms with Crippen LogP contribution in [0.1, 0.15) is 35.0 Å². The number of carbonyl (C=O) groups is 2. The molecule has 8 heteroatoms. The SMILES string of the molecule is CC1CCc2nc3ccccc3c(C(=O)OCC(=O)Nc3c(F)cc(F)cc3Br)c2C1. The Morgan fingerprint density at radius 1 is 1.26 bits per heavy atom. The minimum atomic E-state index is -0.935. The molecule has 0 fully saturated rings. The van der Waals surface area contributed by atoms with Crippen molar-refractivity contribution in [2.24, 2.45) is 5.92 Å². The van der Waals surface area contributed by atoms with Gasteiger partial charge in [0.25, 0.3) is 5.91 Å². The number of fused-ring (bicyclic) bond motifs is 2. The fourth-order valence-corrected chi connectivity index (χ4v) is 4.34. The first-order chi connectivity index (χ1) is 14.8. The summed E-state index contributed by atoms with van der Waals surface area (Å²) in [6.07, 6.45) is 2.48. The van der Waals surface area contributed by atoms with Crippen molar-refractivity contribution in [3.05, 3.63) is 69.3 Å². The number of amides is 1. The van der Waals surface area contributed by atoms with Gasteiger partial charge in [-0.3, -0.25) is 9.78 Å². The Hall–Kier alpha value is -2.87. The van der Waals surface area contributed by atoms with Crippen molar-refractivity contribution in [1.29, 1.82) is 0 Å². The molecule has 1 unspecified atom stereocenters. The van der Waals surface area contributed by atoms with Gasteiger partial charge in [-0.25, -0.2) is 13.6 Å². The Balaban J connectivity index is 1.57. The standard InChI is InChI=1S/C23H19BrF2N2O3/c1-12-6-7-19-15(8-12)21(14-4-2-3-5-18(14)27-19)23(30)31-11-20(29)28-22-16(24)9-13(25)10-17(22)26/h2-5,9-10,12H,6-8,11H2,1H3,(H,28,29). The number of para-hydroxylation sites is 1. The third-order valence-corrected chi connectivity index (χ3v) is 5.94. The number of nitrogens with zero attached hydrogens (tertiary/aromatic N) is 1. The molecule has 160 valence electrons. The average molecular weight is 489 g/mol. The molecule has 1 N–H and O–H groups in total. The molecule has 0 aliphatic heterocycles. The molecule has 0 bridgehead atoms. The summed E-state index contributed by atoms with van der Waals surface area (Å²) in [4.78, 5) is 30.0. The number of ether oxygens (including phenoxy) is 1. The number of rotatable bonds is 4. The number of aromatic nitrogens is 1. The Morgan fingerprint density at radius 3 is 2.81 bits per heavy atom. The molecule has 3 aromatic rings. The van der Waals surface area contributed by atoms with E-state index in [0.717, 1.165) is 30.2 Å². The van der Waals surface area contributed by atoms with E-state index in [1.54, 1.807) is 0 Å². The number of hydrogen-bond acceptors (Lipinski definition) is 4. The number of halogens is 3. The number of anilines is 1. The van der Waals surface area contributed by atoms with Crippen molar-refractivity contribution >= 4 is 44.4 Å². The van der Waals surface area contributed by atoms with Crippen LogP contribution in [0.4, 0.5) is 14.5 Å². The highest BCUT2D eigenvalue weighted by molar-refractivity contribution is 9.10. The van der Waals surface area contributed by atoms with Crippen molar-refractivity contribution in [3.63, 3.8) is 0 Å². The molecule has 1 aliphatic carbocycles. The monoisotopic (exact) mass is 488 g/mol. The van der Waals surface area contributed by atoms with Crippen molar-refractivity contribution in [2.75, 3.05) is 11.9 Å². The predicted molar refractivity (Wildman–Crippen MR) is 116 cm³/mol. The van der Waals surface area contributed by atoms with Gasteiger partial charge < -0.3 is 10.1 Å². The van der Waals surface area contributed by atoms with Crippen LogP contribution in [0.2, 0.25) is 0 Å². The van der Waals surface area contributed by atoms with E-state index in [-0.39, 0.29) is 10.2 Å². The van der Waals surface area contributed by atoms with Gasteiger partial charge in [-0.05, 0) is 58.8 Å². The van der Waals surface area contributed by atoms with Crippen LogP contribution in [-0.4, -0.2) is 23.5 Å². The number of aryl methyl sites for hydroxylation is 1. The summed E-state index contributed by atoms with van der Waals surface area (Å²) in [5, 5.41) is 2.98. The van der Waals surface area contributed by atoms with Crippen LogP contribution >= 0.6 is 15.9 Å². The summed E-state index contributed by atoms with van der Waals surface area (Å²) in [6.45, 7) is 1.51. The first-order valence-electron chi connectivity index (χ1n) is 9.85. The molecule has 0 spiro atoms. The van der Waals surface area contributed by atoms with Gasteiger partial charge in [-0.1, -0.05) is 25.1 Å². The molecule has 31 heavy (non-hydrogen) atoms. The normalized spacial score (nSPS) is 15.4. The minimum absolute atomic E-state index is 0.0489. The lowest BCUT2D eigenvalue weighted by Gasteiger charge is -2.24. The molecular formula is C23H19BrF2N2O3. The summed E-state index contributed by atoms with van der Waals surface area (Å²) < 4.78 is 32.5. The zero-order chi connectivity index (χ0) is 22.1. The number of esters is 1. The van der Waals surface area contributed by atoms with Crippen LogP contribution in [0, 0.1) is 17.6 Å². The van der Waals surface area contributed by atoms with Crippen LogP contribution in [-0.2, 0) is 22.4 Å². The Bertz CT molecular complexity index is 1180. The Kier molecular flexibility index (Phi) is 6.00. The van der Waals surface area contributed by atoms with Gasteiger partial charge in [-0.15, -0.1) is 0 Å². The highest BCUT2D eigenvalue weighted by Crippen LogP contribution is 2.32. The Labute approximate surface area is 185 Å². The lowest BCUT2D eigenvalue weighted by atomic mass is 9.84. The zero-order valence-corrected chi connectivity index (χ0v) is 18.3. The number of benzene rings is 2. The van der Waals surface area contributed by atoms with Crippen LogP contribution in [0.5, 0.6) is 0 Å². The second kappa shape index (κ2) is 8.70. The second-order valence-corrected chi connectivity index (χ2v) is 8.50. The van der Waals surface area contributed by atoms with Crippen LogP contribution < -0.4 is 5.32 Å². The van der Waals surface area contributed by atoms with E-state index in [2.05, 4.69) is 28.2 Å². The summed E-state index contributed by atoms with van der Waals surface area (Å²) in [6, 6.07) is 9.01. The molecule has 1 aliphatic rings. The van der Waals surface area contributed by atoms with Crippen molar-refractivity contribution in [1.82, 2.24) is 4.98 Å². The van der Waals surface area contributed by atoms with Gasteiger partial charge in [0.15, 0.2) is 12.4 Å². The molecule has 0 saturated heterocycles. The molecule has 0 radical (unpaired) electrons. The summed E-state index contributed by atoms with van der Waals surface area (Å²) in [7, 11) is 0. The highest BCUT2D eigenvalue weighted by atomic mass is 79.9. The Morgan fingerprint density at radius 2 is 2.03 bits per heavy atom. The first-order valence-corrected chi connectivity index (χ1v) is 10.6. The van der Waals surface area contributed by atoms with Crippen molar-refractivity contribution in [3.8, 4) is 0 Å². The largest absolute Gasteiger partial charge is 0.452 e. The van der Waals surface area contributed by atoms with Gasteiger partial charge in [-0.2, -0.15) is 0 Å². The van der Waals surface area contributed by atoms with E-state index in [4.69, 9.17) is 9.72 Å². The van der Waals surface area contributed by atoms with Crippen molar-refractivity contribution < 1.29 is 23.1 Å². The van der Waals surface area contributed by atoms with Crippen LogP contribution in [0.3, 0.4) is 0 Å². The van der Waals surface area contributed by atoms with E-state index in [1.807, 2.05) is 24.3 Å². The van der Waals surface area contributed by atoms with E-state index in [9.17, 15) is 18.4 Å². The molecule has 5 nitrogen and oxygen atoms in total. The summed E-state index contributed by atoms with van der Waals surface area (Å²) in [5.74, 6) is -2.67. The summed E-state index contributed by atoms with van der Waals surface area (Å²) >= 11 is 3.01. The fourth-order valence-electron chi connectivity index (χ4n) is 3.84. The molecule has 1 heterocycles. The first kappa shape index (κ1) is 21.4. The maximum atomic E-state index is 13.9. The number of nitrogens with one attached hydrogen (secondary N) is 1. The summed E-state index contributed by atoms with van der Waals surface area (Å²) in [5.41, 5.74) is 2.64. The zero-order valence-electron chi connectivity index (χ0n) is 16.7. The molecule has 0 saturated carbocycles. The predicted octanol–water partition coefficient (Wildman–Crippen LogP) is 5.20. The number of hydrogen-bond donors (Lipinski definition) is 1. The second-order valence-electron chi connectivity index (χ2n) is 7.65. The van der Waals surface area contributed by atoms with E-state index >= 15 is 0 Å². The number of carbonyl (C=O) groups excluding carboxylic acids is 2. The van der Waals surface area contributed by atoms with Crippen LogP contribution in [0.15, 0.2) is 40.9 Å². The molecule has 4 rings (SSSR count). The third-order valence-electron chi connectivity index (χ3n) is 5.32. The quantitative estimate of drug-likeness (QED) is 0.512. The average Bonchev–Trinajstić information content (AvgIpc) is 2.73. The van der Waals surface area contributed by atoms with Gasteiger partial charge >= 0.3 is 5.97 Å². The van der Waals surface area contributed by atoms with Gasteiger partial charge in [0, 0.05) is 21.6 Å². The highest BCUT2D eigenvalue weighted by Gasteiger charge is 2.26. The van der Waals surface area contributed by atoms with E-state index in [1.165, 1.54) is 0 Å². The van der Waals surface area contributed by atoms with Crippen molar-refractivity contribution in [2.45, 2.75) is 26.2 Å². The molecule has 1 aromatic heterocycles. The lowest BCUT2D eigenvalue weighted by Crippen LogP contribution is -2.24. The molecule has 1 atom stereocenters. The van der Waals surface area contributed by atoms with Gasteiger partial charge in [0.1, 0.15) is 5.82 Å². The topological polar surface area (TPSA) is 68.3 Å². The minimum Gasteiger partial charge on any atom is -0.452 e. The smallest absolute Gasteiger partial charge is 0.339 e. The number of pyridine rings is 1. The fraction of sp³-hybridized carbons (Fsp3) is 0.261. The molecule has 1 amide bonds. The van der Waals surface area contributed by atoms with E-state index in [0.29, 0.717) is 34.9 Å². The van der Waals surface area contributed by atoms with Gasteiger partial charge in [0.05, 0.1) is 16.8 Å². The third kappa shape index (κ3) is 4.44. The molecule has 2 aromatic carbocycles.